The van der Waals surface area contributed by atoms with Crippen molar-refractivity contribution in [3.05, 3.63) is 52.0 Å². The summed E-state index contributed by atoms with van der Waals surface area (Å²) in [5.74, 6) is 0.496. The number of likely N-dealkylation sites (tertiary alicyclic amines) is 1. The third kappa shape index (κ3) is 5.15. The zero-order valence-electron chi connectivity index (χ0n) is 16.2. The first-order valence-electron chi connectivity index (χ1n) is 9.92. The van der Waals surface area contributed by atoms with Crippen molar-refractivity contribution in [1.29, 1.82) is 0 Å². The Morgan fingerprint density at radius 1 is 1.27 bits per heavy atom. The zero-order chi connectivity index (χ0) is 18.4. The topological polar surface area (TPSA) is 36.4 Å². The van der Waals surface area contributed by atoms with Gasteiger partial charge in [-0.25, -0.2) is 4.98 Å². The Kier molecular flexibility index (Phi) is 6.85. The van der Waals surface area contributed by atoms with E-state index < -0.39 is 0 Å². The van der Waals surface area contributed by atoms with Gasteiger partial charge in [0.25, 0.3) is 0 Å². The van der Waals surface area contributed by atoms with Crippen LogP contribution in [-0.2, 0) is 13.0 Å². The summed E-state index contributed by atoms with van der Waals surface area (Å²) in [4.78, 5) is 7.30. The number of aromatic nitrogens is 1. The molecule has 1 aliphatic heterocycles. The summed E-state index contributed by atoms with van der Waals surface area (Å²) >= 11 is 1.78. The lowest BCUT2D eigenvalue weighted by Gasteiger charge is -2.41. The van der Waals surface area contributed by atoms with Crippen LogP contribution in [-0.4, -0.2) is 34.7 Å². The smallest absolute Gasteiger partial charge is 0.107 e. The first kappa shape index (κ1) is 19.5. The monoisotopic (exact) mass is 372 g/mol. The van der Waals surface area contributed by atoms with E-state index in [1.54, 1.807) is 11.3 Å². The third-order valence-corrected chi connectivity index (χ3v) is 6.46. The maximum Gasteiger partial charge on any atom is 0.107 e. The van der Waals surface area contributed by atoms with E-state index in [0.29, 0.717) is 12.5 Å². The van der Waals surface area contributed by atoms with Gasteiger partial charge in [0.05, 0.1) is 12.2 Å². The molecular formula is C22H32N2OS. The molecule has 1 saturated heterocycles. The first-order chi connectivity index (χ1) is 12.6. The fourth-order valence-corrected chi connectivity index (χ4v) is 5.02. The average Bonchev–Trinajstić information content (AvgIpc) is 3.12. The van der Waals surface area contributed by atoms with Gasteiger partial charge in [-0.05, 0) is 50.1 Å². The Balaban J connectivity index is 1.55. The molecule has 1 unspecified atom stereocenters. The van der Waals surface area contributed by atoms with Gasteiger partial charge >= 0.3 is 0 Å². The van der Waals surface area contributed by atoms with E-state index in [9.17, 15) is 5.11 Å². The van der Waals surface area contributed by atoms with Crippen LogP contribution in [0.25, 0.3) is 0 Å². The number of benzene rings is 1. The molecule has 1 atom stereocenters. The molecule has 0 radical (unpaired) electrons. The normalized spacial score (nSPS) is 21.4. The second-order valence-electron chi connectivity index (χ2n) is 8.13. The largest absolute Gasteiger partial charge is 0.396 e. The van der Waals surface area contributed by atoms with Crippen LogP contribution in [0.2, 0.25) is 0 Å². The van der Waals surface area contributed by atoms with Crippen molar-refractivity contribution < 1.29 is 5.11 Å². The van der Waals surface area contributed by atoms with E-state index >= 15 is 0 Å². The molecule has 3 rings (SSSR count). The molecule has 1 aromatic heterocycles. The summed E-state index contributed by atoms with van der Waals surface area (Å²) in [7, 11) is 0. The predicted octanol–water partition coefficient (Wildman–Crippen LogP) is 4.86. The van der Waals surface area contributed by atoms with Crippen molar-refractivity contribution in [2.24, 2.45) is 5.41 Å². The SMILES string of the molecule is CC(C)c1csc(CN2CCCC(CO)(CCCc3ccccc3)C2)n1. The third-order valence-electron chi connectivity index (χ3n) is 5.61. The Hall–Kier alpha value is -1.23. The molecule has 3 nitrogen and oxygen atoms in total. The summed E-state index contributed by atoms with van der Waals surface area (Å²) in [5.41, 5.74) is 2.67. The molecule has 1 fully saturated rings. The van der Waals surface area contributed by atoms with Gasteiger partial charge in [-0.2, -0.15) is 0 Å². The van der Waals surface area contributed by atoms with E-state index in [-0.39, 0.29) is 5.41 Å². The molecule has 142 valence electrons. The van der Waals surface area contributed by atoms with Crippen molar-refractivity contribution in [3.8, 4) is 0 Å². The molecule has 1 N–H and O–H groups in total. The van der Waals surface area contributed by atoms with E-state index in [1.807, 2.05) is 0 Å². The molecule has 1 aliphatic rings. The fraction of sp³-hybridized carbons (Fsp3) is 0.591. The number of piperidine rings is 1. The second-order valence-corrected chi connectivity index (χ2v) is 9.07. The molecule has 0 aliphatic carbocycles. The fourth-order valence-electron chi connectivity index (χ4n) is 4.02. The highest BCUT2D eigenvalue weighted by Gasteiger charge is 2.34. The molecule has 0 spiro atoms. The van der Waals surface area contributed by atoms with Crippen molar-refractivity contribution >= 4 is 11.3 Å². The maximum atomic E-state index is 10.2. The lowest BCUT2D eigenvalue weighted by Crippen LogP contribution is -2.45. The van der Waals surface area contributed by atoms with Crippen molar-refractivity contribution in [1.82, 2.24) is 9.88 Å². The highest BCUT2D eigenvalue weighted by molar-refractivity contribution is 7.09. The standard InChI is InChI=1S/C22H32N2OS/c1-18(2)20-15-26-21(23-20)14-24-13-7-12-22(16-24,17-25)11-6-10-19-8-4-3-5-9-19/h3-5,8-9,15,18,25H,6-7,10-14,16-17H2,1-2H3. The predicted molar refractivity (Wildman–Crippen MR) is 110 cm³/mol. The molecular weight excluding hydrogens is 340 g/mol. The molecule has 2 heterocycles. The van der Waals surface area contributed by atoms with Gasteiger partial charge in [0, 0.05) is 23.9 Å². The van der Waals surface area contributed by atoms with Crippen molar-refractivity contribution in [3.63, 3.8) is 0 Å². The van der Waals surface area contributed by atoms with Crippen LogP contribution < -0.4 is 0 Å². The van der Waals surface area contributed by atoms with E-state index in [1.165, 1.54) is 22.7 Å². The number of hydrogen-bond acceptors (Lipinski definition) is 4. The van der Waals surface area contributed by atoms with Crippen LogP contribution in [0.1, 0.15) is 61.7 Å². The quantitative estimate of drug-likeness (QED) is 0.718. The number of hydrogen-bond donors (Lipinski definition) is 1. The van der Waals surface area contributed by atoms with Gasteiger partial charge in [0.15, 0.2) is 0 Å². The van der Waals surface area contributed by atoms with Crippen LogP contribution in [0.4, 0.5) is 0 Å². The maximum absolute atomic E-state index is 10.2. The van der Waals surface area contributed by atoms with Crippen molar-refractivity contribution in [2.45, 2.75) is 58.4 Å². The molecule has 26 heavy (non-hydrogen) atoms. The summed E-state index contributed by atoms with van der Waals surface area (Å²) < 4.78 is 0. The van der Waals surface area contributed by atoms with Gasteiger partial charge in [-0.15, -0.1) is 11.3 Å². The van der Waals surface area contributed by atoms with Gasteiger partial charge in [0.2, 0.25) is 0 Å². The highest BCUT2D eigenvalue weighted by Crippen LogP contribution is 2.35. The number of nitrogens with zero attached hydrogens (tertiary/aromatic N) is 2. The minimum Gasteiger partial charge on any atom is -0.396 e. The van der Waals surface area contributed by atoms with Crippen LogP contribution in [0, 0.1) is 5.41 Å². The van der Waals surface area contributed by atoms with Crippen LogP contribution in [0.15, 0.2) is 35.7 Å². The van der Waals surface area contributed by atoms with Gasteiger partial charge < -0.3 is 5.11 Å². The first-order valence-corrected chi connectivity index (χ1v) is 10.8. The Morgan fingerprint density at radius 3 is 2.77 bits per heavy atom. The number of aliphatic hydroxyl groups is 1. The van der Waals surface area contributed by atoms with Crippen LogP contribution in [0.5, 0.6) is 0 Å². The van der Waals surface area contributed by atoms with Gasteiger partial charge in [-0.1, -0.05) is 44.2 Å². The van der Waals surface area contributed by atoms with Crippen LogP contribution >= 0.6 is 11.3 Å². The van der Waals surface area contributed by atoms with E-state index in [2.05, 4.69) is 54.5 Å². The summed E-state index contributed by atoms with van der Waals surface area (Å²) in [6.07, 6.45) is 5.67. The summed E-state index contributed by atoms with van der Waals surface area (Å²) in [6, 6.07) is 10.7. The summed E-state index contributed by atoms with van der Waals surface area (Å²) in [5, 5.41) is 13.6. The molecule has 0 bridgehead atoms. The lowest BCUT2D eigenvalue weighted by molar-refractivity contribution is 0.0207. The Bertz CT molecular complexity index is 670. The van der Waals surface area contributed by atoms with Crippen LogP contribution in [0.3, 0.4) is 0 Å². The molecule has 1 aromatic carbocycles. The second kappa shape index (κ2) is 9.12. The minimum absolute atomic E-state index is 0.0607. The number of aryl methyl sites for hydroxylation is 1. The van der Waals surface area contributed by atoms with E-state index in [0.717, 1.165) is 45.3 Å². The number of thiazole rings is 1. The highest BCUT2D eigenvalue weighted by atomic mass is 32.1. The molecule has 2 aromatic rings. The Labute approximate surface area is 162 Å². The molecule has 0 saturated carbocycles. The van der Waals surface area contributed by atoms with Gasteiger partial charge in [-0.3, -0.25) is 4.90 Å². The zero-order valence-corrected chi connectivity index (χ0v) is 17.0. The average molecular weight is 373 g/mol. The Morgan fingerprint density at radius 2 is 2.08 bits per heavy atom. The van der Waals surface area contributed by atoms with Crippen molar-refractivity contribution in [2.75, 3.05) is 19.7 Å². The minimum atomic E-state index is 0.0607. The van der Waals surface area contributed by atoms with E-state index in [4.69, 9.17) is 4.98 Å². The molecule has 4 heteroatoms. The molecule has 0 amide bonds. The number of rotatable bonds is 8. The lowest BCUT2D eigenvalue weighted by atomic mass is 9.76. The summed E-state index contributed by atoms with van der Waals surface area (Å²) in [6.45, 7) is 7.74. The number of aliphatic hydroxyl groups excluding tert-OH is 1. The van der Waals surface area contributed by atoms with Gasteiger partial charge in [0.1, 0.15) is 5.01 Å².